The minimum atomic E-state index is -0.434. The number of likely N-dealkylation sites (tertiary alicyclic amines) is 1. The number of piperidine rings is 1. The predicted octanol–water partition coefficient (Wildman–Crippen LogP) is 4.39. The van der Waals surface area contributed by atoms with E-state index >= 15 is 0 Å². The number of urea groups is 1. The monoisotopic (exact) mass is 353 g/mol. The molecule has 0 bridgehead atoms. The van der Waals surface area contributed by atoms with Gasteiger partial charge in [-0.15, -0.1) is 0 Å². The number of nitrogens with one attached hydrogen (secondary N) is 1. The Bertz CT molecular complexity index is 784. The molecular weight excluding hydrogens is 330 g/mol. The van der Waals surface area contributed by atoms with Crippen molar-refractivity contribution in [3.8, 4) is 0 Å². The Morgan fingerprint density at radius 3 is 2.50 bits per heavy atom. The number of hydrogen-bond donors (Lipinski definition) is 1. The van der Waals surface area contributed by atoms with Crippen molar-refractivity contribution in [2.45, 2.75) is 26.2 Å². The van der Waals surface area contributed by atoms with E-state index in [1.54, 1.807) is 13.0 Å². The molecule has 136 valence electrons. The van der Waals surface area contributed by atoms with Gasteiger partial charge in [-0.05, 0) is 49.3 Å². The van der Waals surface area contributed by atoms with E-state index in [2.05, 4.69) is 29.6 Å². The van der Waals surface area contributed by atoms with E-state index in [0.717, 1.165) is 32.4 Å². The van der Waals surface area contributed by atoms with Gasteiger partial charge in [0.15, 0.2) is 0 Å². The zero-order chi connectivity index (χ0) is 18.5. The van der Waals surface area contributed by atoms with Crippen molar-refractivity contribution < 1.29 is 9.72 Å². The molecule has 1 saturated heterocycles. The first-order chi connectivity index (χ1) is 12.5. The number of benzene rings is 2. The summed E-state index contributed by atoms with van der Waals surface area (Å²) in [7, 11) is 0. The summed E-state index contributed by atoms with van der Waals surface area (Å²) in [5, 5.41) is 13.7. The molecule has 0 atom stereocenters. The summed E-state index contributed by atoms with van der Waals surface area (Å²) in [6.07, 6.45) is 3.03. The van der Waals surface area contributed by atoms with Crippen LogP contribution in [0.5, 0.6) is 0 Å². The highest BCUT2D eigenvalue weighted by molar-refractivity contribution is 5.90. The van der Waals surface area contributed by atoms with Gasteiger partial charge in [0.2, 0.25) is 0 Å². The second-order valence-corrected chi connectivity index (χ2v) is 6.81. The van der Waals surface area contributed by atoms with Crippen molar-refractivity contribution in [3.63, 3.8) is 0 Å². The quantitative estimate of drug-likeness (QED) is 0.654. The van der Waals surface area contributed by atoms with Crippen LogP contribution < -0.4 is 5.32 Å². The maximum absolute atomic E-state index is 12.5. The fourth-order valence-corrected chi connectivity index (χ4v) is 3.38. The van der Waals surface area contributed by atoms with E-state index in [4.69, 9.17) is 0 Å². The average Bonchev–Trinajstić information content (AvgIpc) is 2.64. The van der Waals surface area contributed by atoms with Crippen LogP contribution in [0, 0.1) is 23.0 Å². The maximum atomic E-state index is 12.5. The van der Waals surface area contributed by atoms with Crippen LogP contribution in [0.4, 0.5) is 16.2 Å². The van der Waals surface area contributed by atoms with Crippen molar-refractivity contribution in [1.29, 1.82) is 0 Å². The molecule has 26 heavy (non-hydrogen) atoms. The topological polar surface area (TPSA) is 75.5 Å². The zero-order valence-corrected chi connectivity index (χ0v) is 14.9. The molecule has 1 aliphatic heterocycles. The van der Waals surface area contributed by atoms with Gasteiger partial charge >= 0.3 is 6.03 Å². The lowest BCUT2D eigenvalue weighted by molar-refractivity contribution is -0.384. The molecule has 3 rings (SSSR count). The Morgan fingerprint density at radius 1 is 1.19 bits per heavy atom. The molecule has 0 unspecified atom stereocenters. The maximum Gasteiger partial charge on any atom is 0.321 e. The number of anilines is 1. The number of nitrogens with zero attached hydrogens (tertiary/aromatic N) is 2. The van der Waals surface area contributed by atoms with Crippen LogP contribution in [-0.4, -0.2) is 28.9 Å². The van der Waals surface area contributed by atoms with Gasteiger partial charge in [0.05, 0.1) is 4.92 Å². The van der Waals surface area contributed by atoms with E-state index in [-0.39, 0.29) is 11.7 Å². The first kappa shape index (κ1) is 17.9. The van der Waals surface area contributed by atoms with Crippen LogP contribution in [0.3, 0.4) is 0 Å². The highest BCUT2D eigenvalue weighted by Crippen LogP contribution is 2.24. The molecule has 2 aromatic carbocycles. The summed E-state index contributed by atoms with van der Waals surface area (Å²) in [5.74, 6) is 0.600. The normalized spacial score (nSPS) is 14.9. The largest absolute Gasteiger partial charge is 0.325 e. The third-order valence-corrected chi connectivity index (χ3v) is 4.93. The fourth-order valence-electron chi connectivity index (χ4n) is 3.38. The molecule has 0 saturated carbocycles. The fraction of sp³-hybridized carbons (Fsp3) is 0.350. The molecule has 6 heteroatoms. The van der Waals surface area contributed by atoms with E-state index in [0.29, 0.717) is 17.2 Å². The summed E-state index contributed by atoms with van der Waals surface area (Å²) < 4.78 is 0. The molecular formula is C20H23N3O3. The molecule has 0 radical (unpaired) electrons. The Hall–Kier alpha value is -2.89. The van der Waals surface area contributed by atoms with Crippen LogP contribution in [0.2, 0.25) is 0 Å². The number of hydrogen-bond acceptors (Lipinski definition) is 3. The third-order valence-electron chi connectivity index (χ3n) is 4.93. The van der Waals surface area contributed by atoms with Gasteiger partial charge in [0.1, 0.15) is 0 Å². The van der Waals surface area contributed by atoms with E-state index < -0.39 is 4.92 Å². The number of amides is 2. The van der Waals surface area contributed by atoms with Crippen LogP contribution in [0.15, 0.2) is 48.5 Å². The van der Waals surface area contributed by atoms with Crippen LogP contribution in [0.1, 0.15) is 24.0 Å². The molecule has 6 nitrogen and oxygen atoms in total. The van der Waals surface area contributed by atoms with Crippen molar-refractivity contribution in [1.82, 2.24) is 4.90 Å². The van der Waals surface area contributed by atoms with Crippen molar-refractivity contribution in [3.05, 3.63) is 69.8 Å². The number of aryl methyl sites for hydroxylation is 1. The van der Waals surface area contributed by atoms with Gasteiger partial charge < -0.3 is 10.2 Å². The highest BCUT2D eigenvalue weighted by atomic mass is 16.6. The third kappa shape index (κ3) is 4.39. The number of nitro benzene ring substituents is 1. The smallest absolute Gasteiger partial charge is 0.321 e. The molecule has 1 N–H and O–H groups in total. The lowest BCUT2D eigenvalue weighted by atomic mass is 9.90. The minimum absolute atomic E-state index is 0.0298. The standard InChI is InChI=1S/C20H23N3O3/c1-15-13-18(23(25)26)7-8-19(15)21-20(24)22-11-9-17(10-12-22)14-16-5-3-2-4-6-16/h2-8,13,17H,9-12,14H2,1H3,(H,21,24). The molecule has 2 aromatic rings. The van der Waals surface area contributed by atoms with Gasteiger partial charge in [-0.3, -0.25) is 10.1 Å². The lowest BCUT2D eigenvalue weighted by Gasteiger charge is -2.32. The highest BCUT2D eigenvalue weighted by Gasteiger charge is 2.23. The molecule has 0 aromatic heterocycles. The van der Waals surface area contributed by atoms with E-state index in [1.165, 1.54) is 17.7 Å². The number of nitro groups is 1. The summed E-state index contributed by atoms with van der Waals surface area (Å²) in [6, 6.07) is 14.8. The Balaban J connectivity index is 1.53. The molecule has 1 fully saturated rings. The van der Waals surface area contributed by atoms with E-state index in [9.17, 15) is 14.9 Å². The number of carbonyl (C=O) groups is 1. The van der Waals surface area contributed by atoms with Crippen LogP contribution >= 0.6 is 0 Å². The minimum Gasteiger partial charge on any atom is -0.325 e. The van der Waals surface area contributed by atoms with Gasteiger partial charge in [-0.1, -0.05) is 30.3 Å². The predicted molar refractivity (Wildman–Crippen MR) is 101 cm³/mol. The Labute approximate surface area is 153 Å². The number of non-ortho nitro benzene ring substituents is 1. The second kappa shape index (κ2) is 7.99. The van der Waals surface area contributed by atoms with Crippen LogP contribution in [-0.2, 0) is 6.42 Å². The summed E-state index contributed by atoms with van der Waals surface area (Å²) in [5.41, 5.74) is 2.68. The SMILES string of the molecule is Cc1cc([N+](=O)[O-])ccc1NC(=O)N1CCC(Cc2ccccc2)CC1. The Morgan fingerprint density at radius 2 is 1.88 bits per heavy atom. The van der Waals surface area contributed by atoms with E-state index in [1.807, 2.05) is 11.0 Å². The summed E-state index contributed by atoms with van der Waals surface area (Å²) in [6.45, 7) is 3.22. The summed E-state index contributed by atoms with van der Waals surface area (Å²) in [4.78, 5) is 24.7. The summed E-state index contributed by atoms with van der Waals surface area (Å²) >= 11 is 0. The first-order valence-corrected chi connectivity index (χ1v) is 8.88. The number of rotatable bonds is 4. The molecule has 0 aliphatic carbocycles. The molecule has 1 aliphatic rings. The van der Waals surface area contributed by atoms with Crippen LogP contribution in [0.25, 0.3) is 0 Å². The second-order valence-electron chi connectivity index (χ2n) is 6.81. The van der Waals surface area contributed by atoms with Gasteiger partial charge in [-0.2, -0.15) is 0 Å². The van der Waals surface area contributed by atoms with Gasteiger partial charge in [0.25, 0.3) is 5.69 Å². The van der Waals surface area contributed by atoms with Crippen molar-refractivity contribution in [2.75, 3.05) is 18.4 Å². The van der Waals surface area contributed by atoms with Crippen molar-refractivity contribution in [2.24, 2.45) is 5.92 Å². The zero-order valence-electron chi connectivity index (χ0n) is 14.9. The number of carbonyl (C=O) groups excluding carboxylic acids is 1. The lowest BCUT2D eigenvalue weighted by Crippen LogP contribution is -2.41. The Kier molecular flexibility index (Phi) is 5.51. The van der Waals surface area contributed by atoms with Gasteiger partial charge in [-0.25, -0.2) is 4.79 Å². The van der Waals surface area contributed by atoms with Crippen molar-refractivity contribution >= 4 is 17.4 Å². The first-order valence-electron chi connectivity index (χ1n) is 8.88. The molecule has 1 heterocycles. The van der Waals surface area contributed by atoms with Gasteiger partial charge in [0, 0.05) is 30.9 Å². The molecule has 0 spiro atoms. The average molecular weight is 353 g/mol. The molecule has 2 amide bonds.